The highest BCUT2D eigenvalue weighted by atomic mass is 16.6. The summed E-state index contributed by atoms with van der Waals surface area (Å²) in [5.41, 5.74) is -0.145. The second kappa shape index (κ2) is 5.34. The summed E-state index contributed by atoms with van der Waals surface area (Å²) in [4.78, 5) is 20.1. The average molecular weight is 263 g/mol. The van der Waals surface area contributed by atoms with Crippen molar-refractivity contribution in [1.29, 1.82) is 0 Å². The fraction of sp³-hybridized carbons (Fsp3) is 0.273. The van der Waals surface area contributed by atoms with E-state index in [2.05, 4.69) is 15.3 Å². The Labute approximate surface area is 109 Å². The van der Waals surface area contributed by atoms with Crippen LogP contribution in [-0.4, -0.2) is 29.0 Å². The minimum atomic E-state index is -0.507. The Morgan fingerprint density at radius 3 is 2.95 bits per heavy atom. The molecule has 0 amide bonds. The summed E-state index contributed by atoms with van der Waals surface area (Å²) in [5.74, 6) is 1.26. The van der Waals surface area contributed by atoms with Crippen LogP contribution in [-0.2, 0) is 6.54 Å². The molecule has 0 spiro atoms. The van der Waals surface area contributed by atoms with E-state index in [-0.39, 0.29) is 11.5 Å². The van der Waals surface area contributed by atoms with Crippen LogP contribution in [0, 0.1) is 10.1 Å². The molecule has 8 heteroatoms. The number of rotatable bonds is 5. The molecule has 0 aromatic carbocycles. The van der Waals surface area contributed by atoms with Gasteiger partial charge in [0.1, 0.15) is 12.0 Å². The maximum atomic E-state index is 11.0. The predicted octanol–water partition coefficient (Wildman–Crippen LogP) is 1.66. The molecular weight excluding hydrogens is 250 g/mol. The molecule has 0 saturated carbocycles. The van der Waals surface area contributed by atoms with Gasteiger partial charge in [0, 0.05) is 14.1 Å². The van der Waals surface area contributed by atoms with E-state index in [0.29, 0.717) is 18.3 Å². The van der Waals surface area contributed by atoms with Gasteiger partial charge in [-0.1, -0.05) is 0 Å². The predicted molar refractivity (Wildman–Crippen MR) is 69.0 cm³/mol. The largest absolute Gasteiger partial charge is 0.467 e. The average Bonchev–Trinajstić information content (AvgIpc) is 2.90. The number of hydrogen-bond acceptors (Lipinski definition) is 7. The monoisotopic (exact) mass is 263 g/mol. The van der Waals surface area contributed by atoms with Crippen molar-refractivity contribution in [2.24, 2.45) is 0 Å². The number of nitrogens with one attached hydrogen (secondary N) is 1. The van der Waals surface area contributed by atoms with Crippen LogP contribution in [0.2, 0.25) is 0 Å². The molecular formula is C11H13N5O3. The zero-order valence-electron chi connectivity index (χ0n) is 10.5. The molecule has 100 valence electrons. The highest BCUT2D eigenvalue weighted by Gasteiger charge is 2.21. The van der Waals surface area contributed by atoms with E-state index in [0.717, 1.165) is 0 Å². The summed E-state index contributed by atoms with van der Waals surface area (Å²) in [5, 5.41) is 13.7. The zero-order valence-corrected chi connectivity index (χ0v) is 10.5. The minimum absolute atomic E-state index is 0.145. The van der Waals surface area contributed by atoms with Crippen molar-refractivity contribution in [3.63, 3.8) is 0 Å². The lowest BCUT2D eigenvalue weighted by Gasteiger charge is -2.16. The summed E-state index contributed by atoms with van der Waals surface area (Å²) >= 11 is 0. The van der Waals surface area contributed by atoms with Crippen molar-refractivity contribution in [2.75, 3.05) is 24.3 Å². The van der Waals surface area contributed by atoms with E-state index in [1.165, 1.54) is 6.20 Å². The van der Waals surface area contributed by atoms with E-state index in [1.807, 2.05) is 0 Å². The van der Waals surface area contributed by atoms with Crippen molar-refractivity contribution < 1.29 is 9.34 Å². The van der Waals surface area contributed by atoms with Crippen molar-refractivity contribution in [2.45, 2.75) is 6.54 Å². The number of aromatic nitrogens is 2. The van der Waals surface area contributed by atoms with Gasteiger partial charge in [-0.15, -0.1) is 0 Å². The molecule has 0 aliphatic rings. The van der Waals surface area contributed by atoms with Crippen molar-refractivity contribution in [1.82, 2.24) is 9.97 Å². The summed E-state index contributed by atoms with van der Waals surface area (Å²) in [6, 6.07) is 3.55. The Hall–Kier alpha value is -2.64. The molecule has 2 heterocycles. The summed E-state index contributed by atoms with van der Waals surface area (Å²) < 4.78 is 5.21. The molecule has 1 N–H and O–H groups in total. The van der Waals surface area contributed by atoms with Gasteiger partial charge in [0.2, 0.25) is 11.8 Å². The quantitative estimate of drug-likeness (QED) is 0.647. The zero-order chi connectivity index (χ0) is 13.8. The maximum absolute atomic E-state index is 11.0. The van der Waals surface area contributed by atoms with E-state index in [9.17, 15) is 10.1 Å². The van der Waals surface area contributed by atoms with Crippen molar-refractivity contribution in [3.05, 3.63) is 40.5 Å². The Morgan fingerprint density at radius 1 is 1.58 bits per heavy atom. The second-order valence-corrected chi connectivity index (χ2v) is 3.84. The first-order chi connectivity index (χ1) is 9.11. The van der Waals surface area contributed by atoms with Gasteiger partial charge in [0.15, 0.2) is 0 Å². The maximum Gasteiger partial charge on any atom is 0.329 e. The SMILES string of the molecule is CNc1ncc([N+](=O)[O-])c(N(C)Cc2ccco2)n1. The third-order valence-electron chi connectivity index (χ3n) is 2.51. The van der Waals surface area contributed by atoms with Crippen molar-refractivity contribution >= 4 is 17.5 Å². The molecule has 0 fully saturated rings. The second-order valence-electron chi connectivity index (χ2n) is 3.84. The van der Waals surface area contributed by atoms with Crippen LogP contribution < -0.4 is 10.2 Å². The van der Waals surface area contributed by atoms with E-state index < -0.39 is 4.92 Å². The third kappa shape index (κ3) is 2.79. The molecule has 0 atom stereocenters. The molecule has 0 saturated heterocycles. The van der Waals surface area contributed by atoms with Gasteiger partial charge >= 0.3 is 5.69 Å². The van der Waals surface area contributed by atoms with Gasteiger partial charge in [-0.2, -0.15) is 4.98 Å². The van der Waals surface area contributed by atoms with Crippen molar-refractivity contribution in [3.8, 4) is 0 Å². The van der Waals surface area contributed by atoms with Gasteiger partial charge in [-0.25, -0.2) is 4.98 Å². The van der Waals surface area contributed by atoms with Crippen LogP contribution in [0.4, 0.5) is 17.5 Å². The number of nitrogens with zero attached hydrogens (tertiary/aromatic N) is 4. The van der Waals surface area contributed by atoms with Gasteiger partial charge in [0.25, 0.3) is 0 Å². The van der Waals surface area contributed by atoms with E-state index in [1.54, 1.807) is 37.4 Å². The Morgan fingerprint density at radius 2 is 2.37 bits per heavy atom. The molecule has 0 unspecified atom stereocenters. The first-order valence-corrected chi connectivity index (χ1v) is 5.54. The summed E-state index contributed by atoms with van der Waals surface area (Å²) in [6.07, 6.45) is 2.74. The molecule has 2 rings (SSSR count). The number of furan rings is 1. The van der Waals surface area contributed by atoms with Crippen LogP contribution >= 0.6 is 0 Å². The molecule has 0 radical (unpaired) electrons. The molecule has 2 aromatic heterocycles. The fourth-order valence-electron chi connectivity index (χ4n) is 1.61. The van der Waals surface area contributed by atoms with Crippen LogP contribution in [0.3, 0.4) is 0 Å². The van der Waals surface area contributed by atoms with Crippen LogP contribution in [0.25, 0.3) is 0 Å². The molecule has 2 aromatic rings. The minimum Gasteiger partial charge on any atom is -0.467 e. The number of hydrogen-bond donors (Lipinski definition) is 1. The normalized spacial score (nSPS) is 10.2. The lowest BCUT2D eigenvalue weighted by molar-refractivity contribution is -0.384. The van der Waals surface area contributed by atoms with Crippen LogP contribution in [0.5, 0.6) is 0 Å². The fourth-order valence-corrected chi connectivity index (χ4v) is 1.61. The topological polar surface area (TPSA) is 97.3 Å². The van der Waals surface area contributed by atoms with Crippen LogP contribution in [0.15, 0.2) is 29.0 Å². The molecule has 0 aliphatic heterocycles. The van der Waals surface area contributed by atoms with Gasteiger partial charge in [-0.05, 0) is 12.1 Å². The molecule has 0 bridgehead atoms. The highest BCUT2D eigenvalue weighted by molar-refractivity contribution is 5.58. The van der Waals surface area contributed by atoms with E-state index in [4.69, 9.17) is 4.42 Å². The molecule has 8 nitrogen and oxygen atoms in total. The van der Waals surface area contributed by atoms with Gasteiger partial charge < -0.3 is 14.6 Å². The lowest BCUT2D eigenvalue weighted by Crippen LogP contribution is -2.19. The van der Waals surface area contributed by atoms with E-state index >= 15 is 0 Å². The Bertz CT molecular complexity index is 570. The Balaban J connectivity index is 2.32. The van der Waals surface area contributed by atoms with Gasteiger partial charge in [-0.3, -0.25) is 10.1 Å². The summed E-state index contributed by atoms with van der Waals surface area (Å²) in [6.45, 7) is 0.383. The first kappa shape index (κ1) is 12.8. The van der Waals surface area contributed by atoms with Gasteiger partial charge in [0.05, 0.1) is 17.7 Å². The third-order valence-corrected chi connectivity index (χ3v) is 2.51. The lowest BCUT2D eigenvalue weighted by atomic mass is 10.4. The highest BCUT2D eigenvalue weighted by Crippen LogP contribution is 2.26. The smallest absolute Gasteiger partial charge is 0.329 e. The van der Waals surface area contributed by atoms with Crippen LogP contribution in [0.1, 0.15) is 5.76 Å². The number of anilines is 2. The number of nitro groups is 1. The molecule has 19 heavy (non-hydrogen) atoms. The molecule has 0 aliphatic carbocycles. The Kier molecular flexibility index (Phi) is 3.60. The first-order valence-electron chi connectivity index (χ1n) is 5.54. The standard InChI is InChI=1S/C11H13N5O3/c1-12-11-13-6-9(16(17)18)10(14-11)15(2)7-8-4-3-5-19-8/h3-6H,7H2,1-2H3,(H,12,13,14). The summed E-state index contributed by atoms with van der Waals surface area (Å²) in [7, 11) is 3.36.